The van der Waals surface area contributed by atoms with E-state index in [2.05, 4.69) is 5.32 Å². The van der Waals surface area contributed by atoms with Crippen molar-refractivity contribution >= 4 is 0 Å². The number of aliphatic hydroxyl groups is 1. The van der Waals surface area contributed by atoms with E-state index >= 15 is 0 Å². The molecule has 0 saturated carbocycles. The number of benzene rings is 1. The van der Waals surface area contributed by atoms with Crippen molar-refractivity contribution in [3.8, 4) is 11.5 Å². The van der Waals surface area contributed by atoms with Gasteiger partial charge in [0.2, 0.25) is 6.79 Å². The summed E-state index contributed by atoms with van der Waals surface area (Å²) in [7, 11) is 1.83. The Bertz CT molecular complexity index is 384. The third kappa shape index (κ3) is 1.99. The van der Waals surface area contributed by atoms with Crippen LogP contribution in [-0.2, 0) is 0 Å². The molecular formula is C12H17NO3. The van der Waals surface area contributed by atoms with Gasteiger partial charge in [-0.2, -0.15) is 0 Å². The second-order valence-electron chi connectivity index (χ2n) is 4.49. The highest BCUT2D eigenvalue weighted by molar-refractivity contribution is 5.45. The van der Waals surface area contributed by atoms with E-state index in [1.54, 1.807) is 13.8 Å². The number of ether oxygens (including phenoxy) is 2. The molecule has 1 unspecified atom stereocenters. The van der Waals surface area contributed by atoms with Crippen molar-refractivity contribution in [1.29, 1.82) is 0 Å². The first-order chi connectivity index (χ1) is 7.52. The van der Waals surface area contributed by atoms with Crippen LogP contribution in [-0.4, -0.2) is 24.5 Å². The van der Waals surface area contributed by atoms with Gasteiger partial charge in [-0.15, -0.1) is 0 Å². The molecule has 0 fully saturated rings. The molecule has 1 atom stereocenters. The molecule has 0 radical (unpaired) electrons. The lowest BCUT2D eigenvalue weighted by Gasteiger charge is -2.29. The zero-order chi connectivity index (χ0) is 11.8. The summed E-state index contributed by atoms with van der Waals surface area (Å²) < 4.78 is 10.6. The van der Waals surface area contributed by atoms with Crippen LogP contribution in [0.4, 0.5) is 0 Å². The number of hydrogen-bond acceptors (Lipinski definition) is 4. The first kappa shape index (κ1) is 11.2. The highest BCUT2D eigenvalue weighted by Gasteiger charge is 2.28. The molecule has 1 aromatic rings. The minimum Gasteiger partial charge on any atom is -0.454 e. The number of rotatable bonds is 3. The van der Waals surface area contributed by atoms with E-state index < -0.39 is 5.60 Å². The maximum absolute atomic E-state index is 10.0. The maximum atomic E-state index is 10.0. The predicted molar refractivity (Wildman–Crippen MR) is 60.7 cm³/mol. The third-order valence-corrected chi connectivity index (χ3v) is 2.73. The van der Waals surface area contributed by atoms with Crippen molar-refractivity contribution in [2.45, 2.75) is 25.5 Å². The molecule has 4 nitrogen and oxygen atoms in total. The smallest absolute Gasteiger partial charge is 0.231 e. The normalized spacial score (nSPS) is 16.2. The number of likely N-dealkylation sites (N-methyl/N-ethyl adjacent to an activating group) is 1. The zero-order valence-electron chi connectivity index (χ0n) is 9.78. The quantitative estimate of drug-likeness (QED) is 0.814. The van der Waals surface area contributed by atoms with Crippen molar-refractivity contribution in [3.05, 3.63) is 23.8 Å². The van der Waals surface area contributed by atoms with Gasteiger partial charge >= 0.3 is 0 Å². The van der Waals surface area contributed by atoms with E-state index in [1.165, 1.54) is 0 Å². The van der Waals surface area contributed by atoms with Crippen molar-refractivity contribution in [2.24, 2.45) is 0 Å². The Morgan fingerprint density at radius 3 is 2.62 bits per heavy atom. The minimum atomic E-state index is -0.831. The highest BCUT2D eigenvalue weighted by atomic mass is 16.7. The number of fused-ring (bicyclic) bond motifs is 1. The van der Waals surface area contributed by atoms with Crippen LogP contribution < -0.4 is 14.8 Å². The fourth-order valence-corrected chi connectivity index (χ4v) is 2.02. The Kier molecular flexibility index (Phi) is 2.78. The topological polar surface area (TPSA) is 50.7 Å². The lowest BCUT2D eigenvalue weighted by atomic mass is 9.92. The Hall–Kier alpha value is -1.26. The summed E-state index contributed by atoms with van der Waals surface area (Å²) in [6, 6.07) is 5.57. The van der Waals surface area contributed by atoms with E-state index in [9.17, 15) is 5.11 Å². The Labute approximate surface area is 95.2 Å². The predicted octanol–water partition coefficient (Wildman–Crippen LogP) is 1.45. The van der Waals surface area contributed by atoms with Crippen LogP contribution in [0, 0.1) is 0 Å². The first-order valence-electron chi connectivity index (χ1n) is 5.31. The van der Waals surface area contributed by atoms with E-state index in [-0.39, 0.29) is 12.8 Å². The van der Waals surface area contributed by atoms with Gasteiger partial charge in [-0.3, -0.25) is 0 Å². The third-order valence-electron chi connectivity index (χ3n) is 2.73. The molecule has 0 bridgehead atoms. The highest BCUT2D eigenvalue weighted by Crippen LogP contribution is 2.36. The monoisotopic (exact) mass is 223 g/mol. The minimum absolute atomic E-state index is 0.137. The van der Waals surface area contributed by atoms with Gasteiger partial charge in [0, 0.05) is 0 Å². The molecule has 2 N–H and O–H groups in total. The average molecular weight is 223 g/mol. The largest absolute Gasteiger partial charge is 0.454 e. The fraction of sp³-hybridized carbons (Fsp3) is 0.500. The fourth-order valence-electron chi connectivity index (χ4n) is 2.02. The average Bonchev–Trinajstić information content (AvgIpc) is 2.63. The molecule has 0 amide bonds. The molecule has 88 valence electrons. The molecule has 0 spiro atoms. The van der Waals surface area contributed by atoms with Crippen molar-refractivity contribution in [2.75, 3.05) is 13.8 Å². The van der Waals surface area contributed by atoms with E-state index in [0.717, 1.165) is 17.1 Å². The van der Waals surface area contributed by atoms with Crippen molar-refractivity contribution < 1.29 is 14.6 Å². The molecule has 2 rings (SSSR count). The second kappa shape index (κ2) is 3.96. The molecule has 0 saturated heterocycles. The second-order valence-corrected chi connectivity index (χ2v) is 4.49. The summed E-state index contributed by atoms with van der Waals surface area (Å²) in [5.74, 6) is 1.50. The molecular weight excluding hydrogens is 206 g/mol. The number of hydrogen-bond donors (Lipinski definition) is 2. The number of nitrogens with one attached hydrogen (secondary N) is 1. The van der Waals surface area contributed by atoms with Gasteiger partial charge in [0.15, 0.2) is 11.5 Å². The van der Waals surface area contributed by atoms with Gasteiger partial charge in [-0.25, -0.2) is 0 Å². The summed E-state index contributed by atoms with van der Waals surface area (Å²) in [4.78, 5) is 0. The molecule has 1 aromatic carbocycles. The van der Waals surface area contributed by atoms with Crippen LogP contribution in [0.15, 0.2) is 18.2 Å². The van der Waals surface area contributed by atoms with E-state index in [4.69, 9.17) is 9.47 Å². The van der Waals surface area contributed by atoms with Gasteiger partial charge in [0.25, 0.3) is 0 Å². The Morgan fingerprint density at radius 2 is 2.00 bits per heavy atom. The van der Waals surface area contributed by atoms with Crippen LogP contribution in [0.25, 0.3) is 0 Å². The van der Waals surface area contributed by atoms with E-state index in [0.29, 0.717) is 0 Å². The maximum Gasteiger partial charge on any atom is 0.231 e. The molecule has 0 aromatic heterocycles. The lowest BCUT2D eigenvalue weighted by Crippen LogP contribution is -2.37. The van der Waals surface area contributed by atoms with Gasteiger partial charge in [-0.1, -0.05) is 6.07 Å². The molecule has 1 aliphatic heterocycles. The summed E-state index contributed by atoms with van der Waals surface area (Å²) in [6.45, 7) is 3.82. The van der Waals surface area contributed by atoms with Crippen LogP contribution in [0.5, 0.6) is 11.5 Å². The SMILES string of the molecule is CNC(c1ccc2c(c1)OCO2)C(C)(C)O. The van der Waals surface area contributed by atoms with Crippen LogP contribution >= 0.6 is 0 Å². The van der Waals surface area contributed by atoms with Crippen LogP contribution in [0.2, 0.25) is 0 Å². The van der Waals surface area contributed by atoms with E-state index in [1.807, 2.05) is 25.2 Å². The summed E-state index contributed by atoms with van der Waals surface area (Å²) >= 11 is 0. The Balaban J connectivity index is 2.33. The standard InChI is InChI=1S/C12H17NO3/c1-12(2,14)11(13-3)8-4-5-9-10(6-8)16-7-15-9/h4-6,11,13-14H,7H2,1-3H3. The zero-order valence-corrected chi connectivity index (χ0v) is 9.78. The van der Waals surface area contributed by atoms with Crippen LogP contribution in [0.1, 0.15) is 25.5 Å². The van der Waals surface area contributed by atoms with Gasteiger partial charge in [-0.05, 0) is 38.6 Å². The summed E-state index contributed by atoms with van der Waals surface area (Å²) in [6.07, 6.45) is 0. The first-order valence-corrected chi connectivity index (χ1v) is 5.31. The van der Waals surface area contributed by atoms with Gasteiger partial charge < -0.3 is 19.9 Å². The Morgan fingerprint density at radius 1 is 1.31 bits per heavy atom. The summed E-state index contributed by atoms with van der Waals surface area (Å²) in [5, 5.41) is 13.1. The molecule has 16 heavy (non-hydrogen) atoms. The molecule has 1 heterocycles. The van der Waals surface area contributed by atoms with Crippen molar-refractivity contribution in [1.82, 2.24) is 5.32 Å². The van der Waals surface area contributed by atoms with Crippen molar-refractivity contribution in [3.63, 3.8) is 0 Å². The molecule has 4 heteroatoms. The molecule has 1 aliphatic rings. The van der Waals surface area contributed by atoms with Gasteiger partial charge in [0.1, 0.15) is 0 Å². The molecule has 0 aliphatic carbocycles. The van der Waals surface area contributed by atoms with Crippen LogP contribution in [0.3, 0.4) is 0 Å². The lowest BCUT2D eigenvalue weighted by molar-refractivity contribution is 0.0400. The van der Waals surface area contributed by atoms with Gasteiger partial charge in [0.05, 0.1) is 11.6 Å². The summed E-state index contributed by atoms with van der Waals surface area (Å²) in [5.41, 5.74) is 0.155.